The first-order valence-corrected chi connectivity index (χ1v) is 10.6. The number of halogens is 1. The van der Waals surface area contributed by atoms with Gasteiger partial charge in [-0.1, -0.05) is 59.5 Å². The van der Waals surface area contributed by atoms with Crippen molar-refractivity contribution in [3.8, 4) is 5.69 Å². The fourth-order valence-electron chi connectivity index (χ4n) is 2.60. The van der Waals surface area contributed by atoms with E-state index in [0.717, 1.165) is 5.56 Å². The van der Waals surface area contributed by atoms with Crippen LogP contribution in [0.2, 0.25) is 0 Å². The Balaban J connectivity index is 1.37. The van der Waals surface area contributed by atoms with Crippen LogP contribution in [0.5, 0.6) is 0 Å². The van der Waals surface area contributed by atoms with Crippen molar-refractivity contribution in [3.05, 3.63) is 88.4 Å². The average molecular weight is 426 g/mol. The lowest BCUT2D eigenvalue weighted by atomic mass is 10.2. The third kappa shape index (κ3) is 4.87. The first kappa shape index (κ1) is 19.3. The van der Waals surface area contributed by atoms with E-state index >= 15 is 0 Å². The second kappa shape index (κ2) is 8.97. The molecule has 0 aliphatic rings. The molecule has 4 aromatic rings. The fourth-order valence-corrected chi connectivity index (χ4v) is 4.32. The van der Waals surface area contributed by atoms with Gasteiger partial charge in [-0.25, -0.2) is 9.37 Å². The Bertz CT molecular complexity index is 1110. The number of nitrogens with zero attached hydrogens (tertiary/aromatic N) is 4. The summed E-state index contributed by atoms with van der Waals surface area (Å²) in [6.45, 7) is 0.439. The molecule has 29 heavy (non-hydrogen) atoms. The molecule has 2 aromatic carbocycles. The maximum atomic E-state index is 13.5. The van der Waals surface area contributed by atoms with Gasteiger partial charge in [-0.15, -0.1) is 10.2 Å². The number of amides is 1. The Morgan fingerprint density at radius 2 is 2.00 bits per heavy atom. The fraction of sp³-hybridized carbons (Fsp3) is 0.100. The number of aromatic nitrogens is 4. The molecule has 2 heterocycles. The molecule has 4 rings (SSSR count). The van der Waals surface area contributed by atoms with Crippen LogP contribution in [-0.4, -0.2) is 25.7 Å². The molecule has 0 radical (unpaired) electrons. The number of carbonyl (C=O) groups excluding carboxylic acids is 1. The van der Waals surface area contributed by atoms with Crippen LogP contribution in [0.4, 0.5) is 4.39 Å². The van der Waals surface area contributed by atoms with Crippen molar-refractivity contribution < 1.29 is 9.18 Å². The van der Waals surface area contributed by atoms with E-state index < -0.39 is 0 Å². The number of hydrogen-bond donors (Lipinski definition) is 1. The lowest BCUT2D eigenvalue weighted by Crippen LogP contribution is -2.22. The Morgan fingerprint density at radius 3 is 2.83 bits per heavy atom. The third-order valence-corrected chi connectivity index (χ3v) is 6.06. The van der Waals surface area contributed by atoms with Crippen molar-refractivity contribution in [1.82, 2.24) is 25.1 Å². The topological polar surface area (TPSA) is 72.7 Å². The Labute approximate surface area is 174 Å². The summed E-state index contributed by atoms with van der Waals surface area (Å²) in [5.41, 5.74) is 1.72. The minimum atomic E-state index is -0.303. The second-order valence-corrected chi connectivity index (χ2v) is 8.02. The number of imidazole rings is 1. The van der Waals surface area contributed by atoms with Crippen molar-refractivity contribution in [3.63, 3.8) is 0 Å². The van der Waals surface area contributed by atoms with Crippen LogP contribution < -0.4 is 5.32 Å². The van der Waals surface area contributed by atoms with E-state index in [-0.39, 0.29) is 11.7 Å². The smallest absolute Gasteiger partial charge is 0.282 e. The van der Waals surface area contributed by atoms with Crippen LogP contribution in [0, 0.1) is 5.82 Å². The molecule has 1 N–H and O–H groups in total. The van der Waals surface area contributed by atoms with Crippen molar-refractivity contribution in [1.29, 1.82) is 0 Å². The molecule has 1 amide bonds. The van der Waals surface area contributed by atoms with Gasteiger partial charge in [0.2, 0.25) is 5.01 Å². The number of rotatable bonds is 7. The predicted octanol–water partition coefficient (Wildman–Crippen LogP) is 4.09. The molecule has 9 heteroatoms. The van der Waals surface area contributed by atoms with Crippen LogP contribution in [0.1, 0.15) is 20.4 Å². The lowest BCUT2D eigenvalue weighted by molar-refractivity contribution is 0.0950. The van der Waals surface area contributed by atoms with Gasteiger partial charge in [-0.2, -0.15) is 0 Å². The standard InChI is InChI=1S/C20H16FN5OS2/c21-15-7-4-8-16(11-15)26-10-9-22-20(26)28-13-17-24-25-19(29-17)18(27)23-12-14-5-2-1-3-6-14/h1-11H,12-13H2,(H,23,27). The van der Waals surface area contributed by atoms with Gasteiger partial charge in [0.1, 0.15) is 10.8 Å². The normalized spacial score (nSPS) is 10.8. The highest BCUT2D eigenvalue weighted by Crippen LogP contribution is 2.25. The van der Waals surface area contributed by atoms with Gasteiger partial charge >= 0.3 is 0 Å². The van der Waals surface area contributed by atoms with E-state index in [1.165, 1.54) is 35.2 Å². The number of carbonyl (C=O) groups is 1. The minimum Gasteiger partial charge on any atom is -0.346 e. The molecule has 0 saturated heterocycles. The van der Waals surface area contributed by atoms with Crippen LogP contribution in [0.25, 0.3) is 5.69 Å². The molecular weight excluding hydrogens is 409 g/mol. The zero-order valence-corrected chi connectivity index (χ0v) is 16.8. The van der Waals surface area contributed by atoms with Gasteiger partial charge in [0.25, 0.3) is 5.91 Å². The summed E-state index contributed by atoms with van der Waals surface area (Å²) in [7, 11) is 0. The number of thioether (sulfide) groups is 1. The average Bonchev–Trinajstić information content (AvgIpc) is 3.41. The molecule has 0 fully saturated rings. The molecule has 2 aromatic heterocycles. The maximum absolute atomic E-state index is 13.5. The van der Waals surface area contributed by atoms with Crippen molar-refractivity contribution in [2.75, 3.05) is 0 Å². The number of nitrogens with one attached hydrogen (secondary N) is 1. The van der Waals surface area contributed by atoms with Crippen molar-refractivity contribution in [2.24, 2.45) is 0 Å². The highest BCUT2D eigenvalue weighted by atomic mass is 32.2. The quantitative estimate of drug-likeness (QED) is 0.452. The highest BCUT2D eigenvalue weighted by molar-refractivity contribution is 7.98. The first-order chi connectivity index (χ1) is 14.2. The van der Waals surface area contributed by atoms with Gasteiger partial charge in [0, 0.05) is 18.9 Å². The number of benzene rings is 2. The third-order valence-electron chi connectivity index (χ3n) is 3.97. The zero-order valence-electron chi connectivity index (χ0n) is 15.2. The van der Waals surface area contributed by atoms with Crippen LogP contribution in [-0.2, 0) is 12.3 Å². The molecular formula is C20H16FN5OS2. The Kier molecular flexibility index (Phi) is 5.97. The molecule has 0 aliphatic carbocycles. The minimum absolute atomic E-state index is 0.246. The molecule has 0 atom stereocenters. The van der Waals surface area contributed by atoms with Crippen LogP contribution >= 0.6 is 23.1 Å². The van der Waals surface area contributed by atoms with Crippen LogP contribution in [0.15, 0.2) is 72.1 Å². The van der Waals surface area contributed by atoms with Crippen molar-refractivity contribution in [2.45, 2.75) is 17.5 Å². The summed E-state index contributed by atoms with van der Waals surface area (Å²) in [4.78, 5) is 16.6. The van der Waals surface area contributed by atoms with E-state index in [9.17, 15) is 9.18 Å². The molecule has 0 saturated carbocycles. The molecule has 0 spiro atoms. The summed E-state index contributed by atoms with van der Waals surface area (Å²) >= 11 is 2.70. The van der Waals surface area contributed by atoms with Crippen molar-refractivity contribution >= 4 is 29.0 Å². The maximum Gasteiger partial charge on any atom is 0.282 e. The second-order valence-electron chi connectivity index (χ2n) is 6.02. The zero-order chi connectivity index (χ0) is 20.1. The van der Waals surface area contributed by atoms with Gasteiger partial charge in [0.15, 0.2) is 5.16 Å². The van der Waals surface area contributed by atoms with E-state index in [1.807, 2.05) is 41.0 Å². The van der Waals surface area contributed by atoms with E-state index in [1.54, 1.807) is 18.5 Å². The van der Waals surface area contributed by atoms with E-state index in [2.05, 4.69) is 20.5 Å². The van der Waals surface area contributed by atoms with Gasteiger partial charge in [-0.05, 0) is 23.8 Å². The SMILES string of the molecule is O=C(NCc1ccccc1)c1nnc(CSc2nccn2-c2cccc(F)c2)s1. The summed E-state index contributed by atoms with van der Waals surface area (Å²) in [5, 5.41) is 12.7. The summed E-state index contributed by atoms with van der Waals surface area (Å²) in [5.74, 6) is -0.0398. The highest BCUT2D eigenvalue weighted by Gasteiger charge is 2.14. The van der Waals surface area contributed by atoms with E-state index in [0.29, 0.717) is 33.2 Å². The summed E-state index contributed by atoms with van der Waals surface area (Å²) in [6.07, 6.45) is 3.44. The monoisotopic (exact) mass is 425 g/mol. The summed E-state index contributed by atoms with van der Waals surface area (Å²) < 4.78 is 15.3. The van der Waals surface area contributed by atoms with E-state index in [4.69, 9.17) is 0 Å². The Hall–Kier alpha value is -3.04. The molecule has 6 nitrogen and oxygen atoms in total. The number of hydrogen-bond acceptors (Lipinski definition) is 6. The largest absolute Gasteiger partial charge is 0.346 e. The van der Waals surface area contributed by atoms with Gasteiger partial charge < -0.3 is 5.32 Å². The molecule has 146 valence electrons. The molecule has 0 bridgehead atoms. The molecule has 0 unspecified atom stereocenters. The molecule has 0 aliphatic heterocycles. The van der Waals surface area contributed by atoms with Gasteiger partial charge in [0.05, 0.1) is 11.4 Å². The first-order valence-electron chi connectivity index (χ1n) is 8.75. The lowest BCUT2D eigenvalue weighted by Gasteiger charge is -2.06. The Morgan fingerprint density at radius 1 is 1.14 bits per heavy atom. The van der Waals surface area contributed by atoms with Gasteiger partial charge in [-0.3, -0.25) is 9.36 Å². The summed E-state index contributed by atoms with van der Waals surface area (Å²) in [6, 6.07) is 16.0. The predicted molar refractivity (Wildman–Crippen MR) is 111 cm³/mol. The van der Waals surface area contributed by atoms with Crippen LogP contribution in [0.3, 0.4) is 0 Å².